The lowest BCUT2D eigenvalue weighted by Crippen LogP contribution is -2.42. The highest BCUT2D eigenvalue weighted by Gasteiger charge is 2.25. The predicted molar refractivity (Wildman–Crippen MR) is 82.8 cm³/mol. The van der Waals surface area contributed by atoms with Crippen LogP contribution in [0.25, 0.3) is 0 Å². The van der Waals surface area contributed by atoms with E-state index in [0.29, 0.717) is 25.2 Å². The lowest BCUT2D eigenvalue weighted by molar-refractivity contribution is -0.0378. The summed E-state index contributed by atoms with van der Waals surface area (Å²) < 4.78 is 14.2. The molecule has 5 nitrogen and oxygen atoms in total. The van der Waals surface area contributed by atoms with Crippen LogP contribution in [-0.4, -0.2) is 28.2 Å². The van der Waals surface area contributed by atoms with Gasteiger partial charge in [0.25, 0.3) is 5.91 Å². The first-order valence-corrected chi connectivity index (χ1v) is 7.34. The van der Waals surface area contributed by atoms with Gasteiger partial charge in [0.2, 0.25) is 0 Å². The molecular formula is C17H18FN3O2. The first-order valence-electron chi connectivity index (χ1n) is 7.34. The van der Waals surface area contributed by atoms with Gasteiger partial charge in [0.05, 0.1) is 0 Å². The molecule has 2 N–H and O–H groups in total. The van der Waals surface area contributed by atoms with Crippen LogP contribution in [0.15, 0.2) is 42.5 Å². The maximum Gasteiger partial charge on any atom is 0.274 e. The Balaban J connectivity index is 1.88. The van der Waals surface area contributed by atoms with Crippen LogP contribution in [0.4, 0.5) is 4.39 Å². The molecule has 6 heteroatoms. The zero-order valence-corrected chi connectivity index (χ0v) is 12.8. The summed E-state index contributed by atoms with van der Waals surface area (Å²) in [5, 5.41) is 12.8. The van der Waals surface area contributed by atoms with Gasteiger partial charge in [-0.3, -0.25) is 10.0 Å². The van der Waals surface area contributed by atoms with Gasteiger partial charge >= 0.3 is 0 Å². The second kappa shape index (κ2) is 6.45. The van der Waals surface area contributed by atoms with Gasteiger partial charge in [0, 0.05) is 37.8 Å². The molecule has 1 aliphatic heterocycles. The lowest BCUT2D eigenvalue weighted by Gasteiger charge is -2.37. The third-order valence-electron chi connectivity index (χ3n) is 4.08. The molecule has 1 aliphatic rings. The second-order valence-corrected chi connectivity index (χ2v) is 5.66. The van der Waals surface area contributed by atoms with E-state index in [0.717, 1.165) is 17.2 Å². The first-order chi connectivity index (χ1) is 11.1. The van der Waals surface area contributed by atoms with Crippen LogP contribution in [0.2, 0.25) is 0 Å². The minimum Gasteiger partial charge on any atom is -0.288 e. The quantitative estimate of drug-likeness (QED) is 0.674. The minimum atomic E-state index is -0.708. The first kappa shape index (κ1) is 15.6. The summed E-state index contributed by atoms with van der Waals surface area (Å²) in [6, 6.07) is 12.8. The van der Waals surface area contributed by atoms with Crippen molar-refractivity contribution >= 4 is 5.91 Å². The Morgan fingerprint density at radius 1 is 1.26 bits per heavy atom. The summed E-state index contributed by atoms with van der Waals surface area (Å²) in [7, 11) is 1.92. The van der Waals surface area contributed by atoms with Crippen molar-refractivity contribution in [1.29, 1.82) is 0 Å². The third kappa shape index (κ3) is 3.24. The molecule has 23 heavy (non-hydrogen) atoms. The standard InChI is InChI=1S/C17H18FN3O2/c1-20-11-15-14(7-13(8-16(15)18)17(22)19-23)10-21(20)9-12-5-3-2-4-6-12/h2-8,23H,9-11H2,1H3,(H,19,22). The Hall–Kier alpha value is -2.28. The molecule has 0 saturated carbocycles. The molecule has 0 bridgehead atoms. The molecule has 1 amide bonds. The van der Waals surface area contributed by atoms with E-state index in [4.69, 9.17) is 5.21 Å². The van der Waals surface area contributed by atoms with Gasteiger partial charge < -0.3 is 0 Å². The molecule has 2 aromatic rings. The van der Waals surface area contributed by atoms with Gasteiger partial charge in [-0.2, -0.15) is 0 Å². The maximum absolute atomic E-state index is 14.2. The number of nitrogens with one attached hydrogen (secondary N) is 1. The van der Waals surface area contributed by atoms with E-state index in [9.17, 15) is 9.18 Å². The van der Waals surface area contributed by atoms with Gasteiger partial charge in [0.1, 0.15) is 5.82 Å². The van der Waals surface area contributed by atoms with Crippen molar-refractivity contribution in [3.05, 3.63) is 70.5 Å². The van der Waals surface area contributed by atoms with E-state index in [-0.39, 0.29) is 5.56 Å². The normalized spacial score (nSPS) is 15.3. The Morgan fingerprint density at radius 3 is 2.70 bits per heavy atom. The van der Waals surface area contributed by atoms with Crippen molar-refractivity contribution in [2.45, 2.75) is 19.6 Å². The van der Waals surface area contributed by atoms with Crippen molar-refractivity contribution in [1.82, 2.24) is 15.5 Å². The zero-order valence-electron chi connectivity index (χ0n) is 12.8. The van der Waals surface area contributed by atoms with Crippen LogP contribution < -0.4 is 5.48 Å². The summed E-state index contributed by atoms with van der Waals surface area (Å²) in [5.74, 6) is -1.13. The molecule has 0 spiro atoms. The SMILES string of the molecule is CN1Cc2c(F)cc(C(=O)NO)cc2CN1Cc1ccccc1. The summed E-state index contributed by atoms with van der Waals surface area (Å²) in [4.78, 5) is 11.5. The number of fused-ring (bicyclic) bond motifs is 1. The van der Waals surface area contributed by atoms with Gasteiger partial charge in [0.15, 0.2) is 0 Å². The van der Waals surface area contributed by atoms with Crippen molar-refractivity contribution in [3.63, 3.8) is 0 Å². The van der Waals surface area contributed by atoms with E-state index in [2.05, 4.69) is 5.01 Å². The van der Waals surface area contributed by atoms with Crippen LogP contribution in [-0.2, 0) is 19.6 Å². The molecule has 1 heterocycles. The van der Waals surface area contributed by atoms with Crippen molar-refractivity contribution < 1.29 is 14.4 Å². The summed E-state index contributed by atoms with van der Waals surface area (Å²) >= 11 is 0. The highest BCUT2D eigenvalue weighted by Crippen LogP contribution is 2.26. The molecule has 0 aliphatic carbocycles. The van der Waals surface area contributed by atoms with Gasteiger partial charge in [-0.15, -0.1) is 0 Å². The number of nitrogens with zero attached hydrogens (tertiary/aromatic N) is 2. The average molecular weight is 315 g/mol. The fraction of sp³-hybridized carbons (Fsp3) is 0.235. The fourth-order valence-corrected chi connectivity index (χ4v) is 2.82. The minimum absolute atomic E-state index is 0.118. The molecule has 0 atom stereocenters. The smallest absolute Gasteiger partial charge is 0.274 e. The van der Waals surface area contributed by atoms with E-state index >= 15 is 0 Å². The molecule has 0 saturated heterocycles. The second-order valence-electron chi connectivity index (χ2n) is 5.66. The lowest BCUT2D eigenvalue weighted by atomic mass is 10.00. The number of carbonyl (C=O) groups is 1. The Labute approximate surface area is 133 Å². The number of hydrogen-bond acceptors (Lipinski definition) is 4. The van der Waals surface area contributed by atoms with E-state index in [1.54, 1.807) is 11.5 Å². The van der Waals surface area contributed by atoms with Crippen LogP contribution >= 0.6 is 0 Å². The number of hydrogen-bond donors (Lipinski definition) is 2. The van der Waals surface area contributed by atoms with Crippen LogP contribution in [0.1, 0.15) is 27.0 Å². The topological polar surface area (TPSA) is 55.8 Å². The van der Waals surface area contributed by atoms with E-state index in [1.165, 1.54) is 0 Å². The Kier molecular flexibility index (Phi) is 4.38. The van der Waals surface area contributed by atoms with Crippen LogP contribution in [0, 0.1) is 5.82 Å². The van der Waals surface area contributed by atoms with Crippen LogP contribution in [0.3, 0.4) is 0 Å². The summed E-state index contributed by atoms with van der Waals surface area (Å²) in [6.45, 7) is 1.65. The third-order valence-corrected chi connectivity index (χ3v) is 4.08. The predicted octanol–water partition coefficient (Wildman–Crippen LogP) is 2.31. The molecule has 2 aromatic carbocycles. The number of halogens is 1. The van der Waals surface area contributed by atoms with Gasteiger partial charge in [-0.1, -0.05) is 30.3 Å². The van der Waals surface area contributed by atoms with Crippen LogP contribution in [0.5, 0.6) is 0 Å². The van der Waals surface area contributed by atoms with Gasteiger partial charge in [-0.25, -0.2) is 19.9 Å². The molecule has 0 fully saturated rings. The molecule has 120 valence electrons. The van der Waals surface area contributed by atoms with E-state index < -0.39 is 11.7 Å². The number of benzene rings is 2. The van der Waals surface area contributed by atoms with Crippen molar-refractivity contribution in [2.75, 3.05) is 7.05 Å². The summed E-state index contributed by atoms with van der Waals surface area (Å²) in [5.41, 5.74) is 4.17. The maximum atomic E-state index is 14.2. The number of rotatable bonds is 3. The largest absolute Gasteiger partial charge is 0.288 e. The number of hydroxylamine groups is 1. The van der Waals surface area contributed by atoms with E-state index in [1.807, 2.05) is 42.4 Å². The number of hydrazine groups is 1. The molecule has 0 radical (unpaired) electrons. The van der Waals surface area contributed by atoms with Crippen molar-refractivity contribution in [3.8, 4) is 0 Å². The fourth-order valence-electron chi connectivity index (χ4n) is 2.82. The molecule has 3 rings (SSSR count). The Bertz CT molecular complexity index is 721. The number of carbonyl (C=O) groups excluding carboxylic acids is 1. The van der Waals surface area contributed by atoms with Gasteiger partial charge in [-0.05, 0) is 23.3 Å². The molecule has 0 unspecified atom stereocenters. The Morgan fingerprint density at radius 2 is 2.00 bits per heavy atom. The molecule has 0 aromatic heterocycles. The average Bonchev–Trinajstić information content (AvgIpc) is 2.56. The highest BCUT2D eigenvalue weighted by molar-refractivity contribution is 5.93. The summed E-state index contributed by atoms with van der Waals surface area (Å²) in [6.07, 6.45) is 0. The zero-order chi connectivity index (χ0) is 16.4. The molecular weight excluding hydrogens is 297 g/mol. The van der Waals surface area contributed by atoms with Crippen molar-refractivity contribution in [2.24, 2.45) is 0 Å². The highest BCUT2D eigenvalue weighted by atomic mass is 19.1. The number of amides is 1. The monoisotopic (exact) mass is 315 g/mol.